The summed E-state index contributed by atoms with van der Waals surface area (Å²) in [5.41, 5.74) is 2.97. The Kier molecular flexibility index (Phi) is 7.84. The highest BCUT2D eigenvalue weighted by molar-refractivity contribution is 6.03. The minimum atomic E-state index is -0.742. The van der Waals surface area contributed by atoms with E-state index in [4.69, 9.17) is 4.74 Å². The van der Waals surface area contributed by atoms with Gasteiger partial charge in [-0.25, -0.2) is 4.98 Å². The molecular weight excluding hydrogens is 520 g/mol. The van der Waals surface area contributed by atoms with E-state index < -0.39 is 17.9 Å². The molecule has 1 atom stereocenters. The summed E-state index contributed by atoms with van der Waals surface area (Å²) in [5.74, 6) is -0.0683. The van der Waals surface area contributed by atoms with Crippen molar-refractivity contribution in [3.63, 3.8) is 0 Å². The summed E-state index contributed by atoms with van der Waals surface area (Å²) in [4.78, 5) is 48.0. The van der Waals surface area contributed by atoms with E-state index in [1.54, 1.807) is 13.2 Å². The van der Waals surface area contributed by atoms with E-state index in [1.165, 1.54) is 51.0 Å². The Labute approximate surface area is 241 Å². The highest BCUT2D eigenvalue weighted by Gasteiger charge is 2.46. The predicted octanol–water partition coefficient (Wildman–Crippen LogP) is 2.44. The van der Waals surface area contributed by atoms with Crippen LogP contribution in [-0.4, -0.2) is 86.6 Å². The SMILES string of the molecule is COc1nc(C(=O)NC2CCC(=O)NC2=O)ccc1N1CCN(CC2CC3(CCN(c4ccccc4)CC3)C2)CC1. The molecule has 218 valence electrons. The first kappa shape index (κ1) is 27.5. The van der Waals surface area contributed by atoms with Gasteiger partial charge in [0.25, 0.3) is 5.91 Å². The van der Waals surface area contributed by atoms with Crippen LogP contribution >= 0.6 is 0 Å². The number of nitrogens with zero attached hydrogens (tertiary/aromatic N) is 4. The number of methoxy groups -OCH3 is 1. The van der Waals surface area contributed by atoms with Crippen LogP contribution in [0, 0.1) is 11.3 Å². The van der Waals surface area contributed by atoms with Crippen LogP contribution in [0.15, 0.2) is 42.5 Å². The molecule has 1 unspecified atom stereocenters. The molecule has 10 nitrogen and oxygen atoms in total. The van der Waals surface area contributed by atoms with E-state index >= 15 is 0 Å². The zero-order valence-corrected chi connectivity index (χ0v) is 23.8. The molecule has 3 amide bonds. The van der Waals surface area contributed by atoms with E-state index in [2.05, 4.69) is 60.6 Å². The fraction of sp³-hybridized carbons (Fsp3) is 0.548. The average molecular weight is 561 g/mol. The number of aromatic nitrogens is 1. The Bertz CT molecular complexity index is 1260. The van der Waals surface area contributed by atoms with Crippen molar-refractivity contribution < 1.29 is 19.1 Å². The lowest BCUT2D eigenvalue weighted by Crippen LogP contribution is -2.53. The molecule has 41 heavy (non-hydrogen) atoms. The third kappa shape index (κ3) is 6.02. The number of hydrogen-bond donors (Lipinski definition) is 2. The van der Waals surface area contributed by atoms with E-state index in [0.29, 0.717) is 11.3 Å². The Morgan fingerprint density at radius 2 is 1.73 bits per heavy atom. The number of piperidine rings is 2. The number of anilines is 2. The van der Waals surface area contributed by atoms with E-state index in [1.807, 2.05) is 6.07 Å². The smallest absolute Gasteiger partial charge is 0.270 e. The number of hydrogen-bond acceptors (Lipinski definition) is 8. The fourth-order valence-corrected chi connectivity index (χ4v) is 7.13. The lowest BCUT2D eigenvalue weighted by Gasteiger charge is -2.54. The Balaban J connectivity index is 0.963. The molecule has 2 aromatic rings. The second-order valence-electron chi connectivity index (χ2n) is 12.1. The minimum Gasteiger partial charge on any atom is -0.480 e. The minimum absolute atomic E-state index is 0.183. The molecule has 1 spiro atoms. The van der Waals surface area contributed by atoms with Gasteiger partial charge in [0.15, 0.2) is 0 Å². The number of ether oxygens (including phenoxy) is 1. The van der Waals surface area contributed by atoms with Crippen molar-refractivity contribution in [2.24, 2.45) is 11.3 Å². The van der Waals surface area contributed by atoms with Crippen LogP contribution in [0.3, 0.4) is 0 Å². The van der Waals surface area contributed by atoms with Gasteiger partial charge >= 0.3 is 0 Å². The van der Waals surface area contributed by atoms with Crippen LogP contribution in [0.5, 0.6) is 5.88 Å². The number of amides is 3. The van der Waals surface area contributed by atoms with Crippen molar-refractivity contribution in [1.29, 1.82) is 0 Å². The van der Waals surface area contributed by atoms with E-state index in [-0.39, 0.29) is 24.4 Å². The van der Waals surface area contributed by atoms with Crippen LogP contribution in [-0.2, 0) is 9.59 Å². The Morgan fingerprint density at radius 1 is 1.00 bits per heavy atom. The van der Waals surface area contributed by atoms with Gasteiger partial charge in [0, 0.05) is 57.9 Å². The molecule has 3 saturated heterocycles. The van der Waals surface area contributed by atoms with Crippen LogP contribution in [0.25, 0.3) is 0 Å². The molecule has 4 heterocycles. The highest BCUT2D eigenvalue weighted by atomic mass is 16.5. The maximum atomic E-state index is 12.8. The number of para-hydroxylation sites is 1. The first-order chi connectivity index (χ1) is 19.9. The van der Waals surface area contributed by atoms with Gasteiger partial charge in [0.05, 0.1) is 12.8 Å². The van der Waals surface area contributed by atoms with Gasteiger partial charge in [-0.15, -0.1) is 0 Å². The molecule has 10 heteroatoms. The molecule has 1 aromatic carbocycles. The third-order valence-corrected chi connectivity index (χ3v) is 9.43. The van der Waals surface area contributed by atoms with Gasteiger partial charge in [-0.05, 0) is 67.7 Å². The lowest BCUT2D eigenvalue weighted by molar-refractivity contribution is -0.134. The van der Waals surface area contributed by atoms with Crippen molar-refractivity contribution in [1.82, 2.24) is 20.5 Å². The third-order valence-electron chi connectivity index (χ3n) is 9.43. The molecular formula is C31H40N6O4. The van der Waals surface area contributed by atoms with Crippen LogP contribution in [0.4, 0.5) is 11.4 Å². The molecule has 2 N–H and O–H groups in total. The van der Waals surface area contributed by atoms with Gasteiger partial charge < -0.3 is 19.9 Å². The summed E-state index contributed by atoms with van der Waals surface area (Å²) in [6.45, 7) is 7.25. The Hall–Kier alpha value is -3.66. The second-order valence-corrected chi connectivity index (χ2v) is 12.1. The van der Waals surface area contributed by atoms with Gasteiger partial charge in [0.2, 0.25) is 17.7 Å². The molecule has 6 rings (SSSR count). The number of imide groups is 1. The number of carbonyl (C=O) groups is 3. The van der Waals surface area contributed by atoms with Crippen LogP contribution in [0.1, 0.15) is 49.0 Å². The standard InChI is InChI=1S/C31H40N6O4/c1-41-30-26(9-7-25(33-30)28(39)32-24-8-10-27(38)34-29(24)40)37-17-15-35(16-18-37)21-22-19-31(20-22)11-13-36(14-12-31)23-5-3-2-4-6-23/h2-7,9,22,24H,8,10-21H2,1H3,(H,32,39)(H,34,38,40). The highest BCUT2D eigenvalue weighted by Crippen LogP contribution is 2.53. The van der Waals surface area contributed by atoms with E-state index in [0.717, 1.165) is 37.8 Å². The molecule has 1 aromatic heterocycles. The van der Waals surface area contributed by atoms with Crippen molar-refractivity contribution in [2.75, 3.05) is 62.7 Å². The molecule has 4 aliphatic rings. The predicted molar refractivity (Wildman–Crippen MR) is 156 cm³/mol. The maximum absolute atomic E-state index is 12.8. The molecule has 0 bridgehead atoms. The van der Waals surface area contributed by atoms with Gasteiger partial charge in [0.1, 0.15) is 11.7 Å². The number of carbonyl (C=O) groups excluding carboxylic acids is 3. The lowest BCUT2D eigenvalue weighted by atomic mass is 9.57. The second kappa shape index (κ2) is 11.7. The maximum Gasteiger partial charge on any atom is 0.270 e. The van der Waals surface area contributed by atoms with Gasteiger partial charge in [-0.3, -0.25) is 24.6 Å². The summed E-state index contributed by atoms with van der Waals surface area (Å²) in [6, 6.07) is 13.6. The first-order valence-corrected chi connectivity index (χ1v) is 14.9. The normalized spacial score (nSPS) is 23.2. The number of pyridine rings is 1. The molecule has 1 saturated carbocycles. The van der Waals surface area contributed by atoms with Gasteiger partial charge in [-0.1, -0.05) is 18.2 Å². The van der Waals surface area contributed by atoms with Crippen molar-refractivity contribution in [3.05, 3.63) is 48.2 Å². The number of nitrogens with one attached hydrogen (secondary N) is 2. The topological polar surface area (TPSA) is 107 Å². The van der Waals surface area contributed by atoms with Crippen LogP contribution in [0.2, 0.25) is 0 Å². The Morgan fingerprint density at radius 3 is 2.41 bits per heavy atom. The summed E-state index contributed by atoms with van der Waals surface area (Å²) >= 11 is 0. The van der Waals surface area contributed by atoms with Crippen molar-refractivity contribution >= 4 is 29.1 Å². The van der Waals surface area contributed by atoms with Crippen molar-refractivity contribution in [3.8, 4) is 5.88 Å². The molecule has 4 fully saturated rings. The first-order valence-electron chi connectivity index (χ1n) is 14.9. The zero-order valence-electron chi connectivity index (χ0n) is 23.8. The average Bonchev–Trinajstić information content (AvgIpc) is 2.98. The zero-order chi connectivity index (χ0) is 28.4. The summed E-state index contributed by atoms with van der Waals surface area (Å²) in [7, 11) is 1.56. The molecule has 0 radical (unpaired) electrons. The molecule has 1 aliphatic carbocycles. The largest absolute Gasteiger partial charge is 0.480 e. The fourth-order valence-electron chi connectivity index (χ4n) is 7.13. The van der Waals surface area contributed by atoms with Gasteiger partial charge in [-0.2, -0.15) is 0 Å². The van der Waals surface area contributed by atoms with Crippen molar-refractivity contribution in [2.45, 2.75) is 44.6 Å². The summed E-state index contributed by atoms with van der Waals surface area (Å²) < 4.78 is 5.56. The monoisotopic (exact) mass is 560 g/mol. The summed E-state index contributed by atoms with van der Waals surface area (Å²) in [5, 5.41) is 4.93. The van der Waals surface area contributed by atoms with E-state index in [9.17, 15) is 14.4 Å². The van der Waals surface area contributed by atoms with Crippen LogP contribution < -0.4 is 25.2 Å². The number of rotatable bonds is 7. The quantitative estimate of drug-likeness (QED) is 0.498. The number of benzene rings is 1. The number of piperazine rings is 1. The summed E-state index contributed by atoms with van der Waals surface area (Å²) in [6.07, 6.45) is 5.81. The molecule has 3 aliphatic heterocycles.